The number of aromatic hydroxyl groups is 2. The van der Waals surface area contributed by atoms with Gasteiger partial charge in [-0.25, -0.2) is 14.6 Å². The van der Waals surface area contributed by atoms with Gasteiger partial charge in [0, 0.05) is 5.56 Å². The van der Waals surface area contributed by atoms with Crippen molar-refractivity contribution in [3.8, 4) is 11.5 Å². The standard InChI is InChI=1S/C16H12N2O9/c19-10-5-8(11(20)3-6(10)4-12(21)22)14(23)18-13-7(15(24)25)1-2-9(17-13)16(26)27/h1-3,5,19-20H,4H2,(H,21,22)(H,24,25)(H,26,27)(H,17,18,23). The zero-order valence-corrected chi connectivity index (χ0v) is 13.3. The van der Waals surface area contributed by atoms with Crippen molar-refractivity contribution in [1.29, 1.82) is 0 Å². The second kappa shape index (κ2) is 7.39. The molecule has 0 aliphatic rings. The van der Waals surface area contributed by atoms with Crippen LogP contribution in [0.3, 0.4) is 0 Å². The van der Waals surface area contributed by atoms with E-state index in [-0.39, 0.29) is 5.56 Å². The zero-order valence-electron chi connectivity index (χ0n) is 13.3. The summed E-state index contributed by atoms with van der Waals surface area (Å²) in [6.07, 6.45) is -0.604. The van der Waals surface area contributed by atoms with Crippen LogP contribution < -0.4 is 5.32 Å². The number of pyridine rings is 1. The van der Waals surface area contributed by atoms with Crippen molar-refractivity contribution >= 4 is 29.6 Å². The van der Waals surface area contributed by atoms with E-state index in [1.165, 1.54) is 0 Å². The first kappa shape index (κ1) is 19.2. The Balaban J connectivity index is 2.41. The third-order valence-corrected chi connectivity index (χ3v) is 3.36. The Labute approximate surface area is 150 Å². The minimum absolute atomic E-state index is 0.145. The van der Waals surface area contributed by atoms with E-state index in [0.717, 1.165) is 24.3 Å². The molecule has 6 N–H and O–H groups in total. The lowest BCUT2D eigenvalue weighted by Gasteiger charge is -2.11. The molecule has 0 saturated heterocycles. The average molecular weight is 376 g/mol. The fourth-order valence-corrected chi connectivity index (χ4v) is 2.13. The van der Waals surface area contributed by atoms with Crippen LogP contribution in [0.15, 0.2) is 24.3 Å². The lowest BCUT2D eigenvalue weighted by Crippen LogP contribution is -2.18. The summed E-state index contributed by atoms with van der Waals surface area (Å²) in [4.78, 5) is 48.7. The number of rotatable bonds is 6. The maximum atomic E-state index is 12.3. The van der Waals surface area contributed by atoms with Crippen molar-refractivity contribution < 1.29 is 44.7 Å². The van der Waals surface area contributed by atoms with Crippen LogP contribution >= 0.6 is 0 Å². The highest BCUT2D eigenvalue weighted by molar-refractivity contribution is 6.09. The third-order valence-electron chi connectivity index (χ3n) is 3.36. The van der Waals surface area contributed by atoms with E-state index in [1.54, 1.807) is 0 Å². The quantitative estimate of drug-likeness (QED) is 0.392. The Kier molecular flexibility index (Phi) is 5.25. The summed E-state index contributed by atoms with van der Waals surface area (Å²) in [5.74, 6) is -7.15. The molecule has 0 spiro atoms. The number of aliphatic carboxylic acids is 1. The molecule has 1 heterocycles. The smallest absolute Gasteiger partial charge is 0.354 e. The molecule has 2 aromatic rings. The molecule has 2 rings (SSSR count). The topological polar surface area (TPSA) is 194 Å². The van der Waals surface area contributed by atoms with Crippen LogP contribution in [0.2, 0.25) is 0 Å². The molecule has 0 saturated carbocycles. The summed E-state index contributed by atoms with van der Waals surface area (Å²) in [6.45, 7) is 0. The molecule has 0 radical (unpaired) electrons. The van der Waals surface area contributed by atoms with E-state index < -0.39 is 64.4 Å². The maximum Gasteiger partial charge on any atom is 0.354 e. The number of amides is 1. The first-order chi connectivity index (χ1) is 12.6. The van der Waals surface area contributed by atoms with Crippen LogP contribution in [0, 0.1) is 0 Å². The molecule has 27 heavy (non-hydrogen) atoms. The molecule has 1 aromatic heterocycles. The average Bonchev–Trinajstić information content (AvgIpc) is 2.56. The number of carboxylic acids is 3. The molecule has 11 heteroatoms. The summed E-state index contributed by atoms with van der Waals surface area (Å²) in [5, 5.41) is 48.5. The largest absolute Gasteiger partial charge is 0.508 e. The number of phenols is 2. The number of nitrogens with one attached hydrogen (secondary N) is 1. The van der Waals surface area contributed by atoms with Crippen molar-refractivity contribution in [2.45, 2.75) is 6.42 Å². The molecule has 0 unspecified atom stereocenters. The number of aromatic carboxylic acids is 2. The predicted molar refractivity (Wildman–Crippen MR) is 87.2 cm³/mol. The highest BCUT2D eigenvalue weighted by Crippen LogP contribution is 2.28. The number of carbonyl (C=O) groups excluding carboxylic acids is 1. The number of benzene rings is 1. The van der Waals surface area contributed by atoms with Gasteiger partial charge in [0.2, 0.25) is 0 Å². The van der Waals surface area contributed by atoms with Crippen LogP contribution in [0.1, 0.15) is 36.8 Å². The number of carboxylic acid groups (broad SMARTS) is 3. The summed E-state index contributed by atoms with van der Waals surface area (Å²) in [5.41, 5.74) is -1.67. The van der Waals surface area contributed by atoms with E-state index in [2.05, 4.69) is 10.3 Å². The fourth-order valence-electron chi connectivity index (χ4n) is 2.13. The Bertz CT molecular complexity index is 969. The molecule has 1 aromatic carbocycles. The van der Waals surface area contributed by atoms with Crippen LogP contribution in [0.4, 0.5) is 5.82 Å². The molecule has 0 fully saturated rings. The monoisotopic (exact) mass is 376 g/mol. The number of nitrogens with zero attached hydrogens (tertiary/aromatic N) is 1. The van der Waals surface area contributed by atoms with Gasteiger partial charge < -0.3 is 30.8 Å². The Morgan fingerprint density at radius 2 is 1.56 bits per heavy atom. The Morgan fingerprint density at radius 1 is 0.889 bits per heavy atom. The minimum atomic E-state index is -1.49. The van der Waals surface area contributed by atoms with Crippen molar-refractivity contribution in [1.82, 2.24) is 4.98 Å². The van der Waals surface area contributed by atoms with Gasteiger partial charge in [-0.2, -0.15) is 0 Å². The van der Waals surface area contributed by atoms with Gasteiger partial charge in [-0.05, 0) is 24.3 Å². The molecule has 0 aliphatic carbocycles. The molecular weight excluding hydrogens is 364 g/mol. The van der Waals surface area contributed by atoms with Crippen molar-refractivity contribution in [2.75, 3.05) is 5.32 Å². The van der Waals surface area contributed by atoms with Gasteiger partial charge >= 0.3 is 17.9 Å². The Hall–Kier alpha value is -4.15. The number of phenolic OH excluding ortho intramolecular Hbond substituents is 2. The molecule has 0 atom stereocenters. The van der Waals surface area contributed by atoms with Crippen LogP contribution in [-0.4, -0.2) is 54.3 Å². The highest BCUT2D eigenvalue weighted by atomic mass is 16.4. The first-order valence-corrected chi connectivity index (χ1v) is 7.15. The molecule has 1 amide bonds. The molecule has 0 aliphatic heterocycles. The Morgan fingerprint density at radius 3 is 2.11 bits per heavy atom. The zero-order chi connectivity index (χ0) is 20.3. The SMILES string of the molecule is O=C(O)Cc1cc(O)c(C(=O)Nc2nc(C(=O)O)ccc2C(=O)O)cc1O. The van der Waals surface area contributed by atoms with Gasteiger partial charge in [-0.3, -0.25) is 9.59 Å². The fraction of sp³-hybridized carbons (Fsp3) is 0.0625. The number of anilines is 1. The van der Waals surface area contributed by atoms with Crippen molar-refractivity contribution in [3.63, 3.8) is 0 Å². The maximum absolute atomic E-state index is 12.3. The number of hydrogen-bond acceptors (Lipinski definition) is 7. The lowest BCUT2D eigenvalue weighted by atomic mass is 10.1. The highest BCUT2D eigenvalue weighted by Gasteiger charge is 2.21. The van der Waals surface area contributed by atoms with E-state index in [9.17, 15) is 29.4 Å². The van der Waals surface area contributed by atoms with Gasteiger partial charge in [0.15, 0.2) is 5.69 Å². The number of carbonyl (C=O) groups is 4. The van der Waals surface area contributed by atoms with Gasteiger partial charge in [-0.1, -0.05) is 0 Å². The van der Waals surface area contributed by atoms with Crippen LogP contribution in [-0.2, 0) is 11.2 Å². The van der Waals surface area contributed by atoms with E-state index in [4.69, 9.17) is 15.3 Å². The predicted octanol–water partition coefficient (Wildman–Crippen LogP) is 0.769. The van der Waals surface area contributed by atoms with E-state index in [0.29, 0.717) is 0 Å². The van der Waals surface area contributed by atoms with Crippen molar-refractivity contribution in [3.05, 3.63) is 46.6 Å². The summed E-state index contributed by atoms with van der Waals surface area (Å²) < 4.78 is 0. The lowest BCUT2D eigenvalue weighted by molar-refractivity contribution is -0.136. The molecule has 0 bridgehead atoms. The van der Waals surface area contributed by atoms with Gasteiger partial charge in [0.1, 0.15) is 22.9 Å². The van der Waals surface area contributed by atoms with E-state index in [1.807, 2.05) is 0 Å². The van der Waals surface area contributed by atoms with E-state index >= 15 is 0 Å². The summed E-state index contributed by atoms with van der Waals surface area (Å²) in [6, 6.07) is 3.54. The molecule has 11 nitrogen and oxygen atoms in total. The van der Waals surface area contributed by atoms with Crippen molar-refractivity contribution in [2.24, 2.45) is 0 Å². The second-order valence-corrected chi connectivity index (χ2v) is 5.23. The van der Waals surface area contributed by atoms with Gasteiger partial charge in [0.05, 0.1) is 12.0 Å². The summed E-state index contributed by atoms with van der Waals surface area (Å²) in [7, 11) is 0. The molecular formula is C16H12N2O9. The van der Waals surface area contributed by atoms with Gasteiger partial charge in [0.25, 0.3) is 5.91 Å². The first-order valence-electron chi connectivity index (χ1n) is 7.15. The van der Waals surface area contributed by atoms with Crippen LogP contribution in [0.25, 0.3) is 0 Å². The molecule has 140 valence electrons. The second-order valence-electron chi connectivity index (χ2n) is 5.23. The number of hydrogen-bond donors (Lipinski definition) is 6. The summed E-state index contributed by atoms with van der Waals surface area (Å²) >= 11 is 0. The minimum Gasteiger partial charge on any atom is -0.508 e. The van der Waals surface area contributed by atoms with Crippen LogP contribution in [0.5, 0.6) is 11.5 Å². The van der Waals surface area contributed by atoms with Gasteiger partial charge in [-0.15, -0.1) is 0 Å². The number of aromatic nitrogens is 1. The third kappa shape index (κ3) is 4.28. The normalized spacial score (nSPS) is 10.2.